The molecule has 4 heteroatoms. The van der Waals surface area contributed by atoms with Gasteiger partial charge >= 0.3 is 11.9 Å². The summed E-state index contributed by atoms with van der Waals surface area (Å²) < 4.78 is 12.3. The summed E-state index contributed by atoms with van der Waals surface area (Å²) in [5, 5.41) is 0. The van der Waals surface area contributed by atoms with Crippen LogP contribution < -0.4 is 0 Å². The van der Waals surface area contributed by atoms with Crippen LogP contribution in [0.5, 0.6) is 0 Å². The lowest BCUT2D eigenvalue weighted by molar-refractivity contribution is -0.251. The van der Waals surface area contributed by atoms with Gasteiger partial charge < -0.3 is 9.47 Å². The Bertz CT molecular complexity index is 715. The Kier molecular flexibility index (Phi) is 5.74. The maximum Gasteiger partial charge on any atom is 0.333 e. The zero-order chi connectivity index (χ0) is 22.7. The Balaban J connectivity index is 1.90. The summed E-state index contributed by atoms with van der Waals surface area (Å²) in [5.74, 6) is 1.25. The van der Waals surface area contributed by atoms with Gasteiger partial charge in [-0.25, -0.2) is 4.79 Å². The van der Waals surface area contributed by atoms with Gasteiger partial charge in [0.1, 0.15) is 16.6 Å². The molecule has 0 amide bonds. The summed E-state index contributed by atoms with van der Waals surface area (Å²) >= 11 is 0. The second kappa shape index (κ2) is 7.38. The molecule has 0 heterocycles. The summed E-state index contributed by atoms with van der Waals surface area (Å²) in [4.78, 5) is 25.9. The number of ether oxygens (including phenoxy) is 2. The summed E-state index contributed by atoms with van der Waals surface area (Å²) in [6, 6.07) is 0. The fourth-order valence-electron chi connectivity index (χ4n) is 6.76. The third-order valence-electron chi connectivity index (χ3n) is 9.14. The van der Waals surface area contributed by atoms with Crippen molar-refractivity contribution in [1.29, 1.82) is 0 Å². The molecule has 0 saturated heterocycles. The molecule has 0 aromatic heterocycles. The van der Waals surface area contributed by atoms with Gasteiger partial charge in [-0.3, -0.25) is 4.79 Å². The Morgan fingerprint density at radius 2 is 1.63 bits per heavy atom. The number of carbonyl (C=O) groups excluding carboxylic acids is 2. The molecule has 4 fully saturated rings. The summed E-state index contributed by atoms with van der Waals surface area (Å²) in [6.45, 7) is 19.5. The average Bonchev–Trinajstić information content (AvgIpc) is 2.61. The molecule has 3 atom stereocenters. The van der Waals surface area contributed by atoms with E-state index in [9.17, 15) is 9.59 Å². The molecule has 3 unspecified atom stereocenters. The molecule has 0 spiro atoms. The van der Waals surface area contributed by atoms with Gasteiger partial charge in [0.15, 0.2) is 0 Å². The fraction of sp³-hybridized carbons (Fsp3) is 0.846. The van der Waals surface area contributed by atoms with E-state index < -0.39 is 22.6 Å². The first-order chi connectivity index (χ1) is 13.7. The van der Waals surface area contributed by atoms with Gasteiger partial charge in [0.2, 0.25) is 0 Å². The number of esters is 2. The molecule has 4 aliphatic rings. The van der Waals surface area contributed by atoms with Crippen LogP contribution in [0.4, 0.5) is 0 Å². The maximum absolute atomic E-state index is 13.7. The molecule has 4 rings (SSSR count). The van der Waals surface area contributed by atoms with Gasteiger partial charge in [0.25, 0.3) is 0 Å². The van der Waals surface area contributed by atoms with Crippen molar-refractivity contribution in [1.82, 2.24) is 0 Å². The van der Waals surface area contributed by atoms with Gasteiger partial charge in [-0.2, -0.15) is 0 Å². The maximum atomic E-state index is 13.7. The lowest BCUT2D eigenvalue weighted by Crippen LogP contribution is -2.66. The SMILES string of the molecule is C=C(C)C(=O)OC(C)(C)C(C)(C)C(=O)OC1(C(C)CC)C2CC3CC1CC(C)(C3)C2. The Morgan fingerprint density at radius 1 is 1.10 bits per heavy atom. The van der Waals surface area contributed by atoms with E-state index in [1.54, 1.807) is 20.8 Å². The molecule has 4 bridgehead atoms. The molecule has 30 heavy (non-hydrogen) atoms. The van der Waals surface area contributed by atoms with E-state index in [1.165, 1.54) is 19.3 Å². The van der Waals surface area contributed by atoms with Gasteiger partial charge in [-0.15, -0.1) is 0 Å². The summed E-state index contributed by atoms with van der Waals surface area (Å²) in [7, 11) is 0. The predicted octanol–water partition coefficient (Wildman–Crippen LogP) is 6.08. The highest BCUT2D eigenvalue weighted by Crippen LogP contribution is 2.66. The van der Waals surface area contributed by atoms with E-state index in [0.717, 1.165) is 25.2 Å². The Hall–Kier alpha value is -1.32. The van der Waals surface area contributed by atoms with Crippen LogP contribution in [0.1, 0.15) is 93.9 Å². The van der Waals surface area contributed by atoms with Crippen LogP contribution in [-0.4, -0.2) is 23.1 Å². The van der Waals surface area contributed by atoms with Gasteiger partial charge in [0.05, 0.1) is 0 Å². The van der Waals surface area contributed by atoms with E-state index >= 15 is 0 Å². The van der Waals surface area contributed by atoms with E-state index in [2.05, 4.69) is 27.4 Å². The van der Waals surface area contributed by atoms with Crippen molar-refractivity contribution in [3.63, 3.8) is 0 Å². The molecular weight excluding hydrogens is 376 g/mol. The molecule has 0 radical (unpaired) electrons. The third-order valence-corrected chi connectivity index (χ3v) is 9.14. The first-order valence-electron chi connectivity index (χ1n) is 11.8. The van der Waals surface area contributed by atoms with Gasteiger partial charge in [-0.1, -0.05) is 27.4 Å². The topological polar surface area (TPSA) is 52.6 Å². The van der Waals surface area contributed by atoms with Crippen LogP contribution >= 0.6 is 0 Å². The van der Waals surface area contributed by atoms with Crippen molar-refractivity contribution in [3.8, 4) is 0 Å². The molecule has 4 aliphatic carbocycles. The van der Waals surface area contributed by atoms with Crippen molar-refractivity contribution in [2.75, 3.05) is 0 Å². The van der Waals surface area contributed by atoms with Crippen LogP contribution in [0.15, 0.2) is 12.2 Å². The number of hydrogen-bond acceptors (Lipinski definition) is 4. The third kappa shape index (κ3) is 3.52. The van der Waals surface area contributed by atoms with E-state index in [4.69, 9.17) is 9.47 Å². The first-order valence-corrected chi connectivity index (χ1v) is 11.8. The number of rotatable bonds is 7. The monoisotopic (exact) mass is 418 g/mol. The van der Waals surface area contributed by atoms with E-state index in [0.29, 0.717) is 28.7 Å². The smallest absolute Gasteiger partial charge is 0.333 e. The average molecular weight is 419 g/mol. The number of hydrogen-bond donors (Lipinski definition) is 0. The largest absolute Gasteiger partial charge is 0.458 e. The molecule has 170 valence electrons. The highest BCUT2D eigenvalue weighted by Gasteiger charge is 2.65. The second-order valence-electron chi connectivity index (χ2n) is 12.0. The molecular formula is C26H42O4. The lowest BCUT2D eigenvalue weighted by atomic mass is 9.43. The van der Waals surface area contributed by atoms with Crippen LogP contribution in [0, 0.1) is 34.5 Å². The molecule has 0 N–H and O–H groups in total. The van der Waals surface area contributed by atoms with Gasteiger partial charge in [-0.05, 0) is 90.4 Å². The quantitative estimate of drug-likeness (QED) is 0.371. The lowest BCUT2D eigenvalue weighted by Gasteiger charge is -2.65. The van der Waals surface area contributed by atoms with E-state index in [1.807, 2.05) is 13.8 Å². The van der Waals surface area contributed by atoms with Crippen molar-refractivity contribution < 1.29 is 19.1 Å². The Morgan fingerprint density at radius 3 is 2.07 bits per heavy atom. The van der Waals surface area contributed by atoms with Gasteiger partial charge in [0, 0.05) is 17.4 Å². The minimum Gasteiger partial charge on any atom is -0.458 e. The fourth-order valence-corrected chi connectivity index (χ4v) is 6.76. The predicted molar refractivity (Wildman–Crippen MR) is 119 cm³/mol. The van der Waals surface area contributed by atoms with Crippen LogP contribution in [-0.2, 0) is 19.1 Å². The zero-order valence-electron chi connectivity index (χ0n) is 20.4. The first kappa shape index (κ1) is 23.3. The number of carbonyl (C=O) groups is 2. The molecule has 0 aromatic rings. The van der Waals surface area contributed by atoms with Crippen LogP contribution in [0.3, 0.4) is 0 Å². The molecule has 4 nitrogen and oxygen atoms in total. The van der Waals surface area contributed by atoms with Crippen molar-refractivity contribution in [2.24, 2.45) is 34.5 Å². The summed E-state index contributed by atoms with van der Waals surface area (Å²) in [5.41, 5.74) is -1.64. The van der Waals surface area contributed by atoms with E-state index in [-0.39, 0.29) is 5.97 Å². The Labute approximate surface area is 183 Å². The minimum atomic E-state index is -1.01. The van der Waals surface area contributed by atoms with Crippen molar-refractivity contribution >= 4 is 11.9 Å². The molecule has 0 aromatic carbocycles. The van der Waals surface area contributed by atoms with Crippen LogP contribution in [0.2, 0.25) is 0 Å². The van der Waals surface area contributed by atoms with Crippen molar-refractivity contribution in [3.05, 3.63) is 12.2 Å². The zero-order valence-corrected chi connectivity index (χ0v) is 20.4. The minimum absolute atomic E-state index is 0.250. The normalized spacial score (nSPS) is 36.3. The highest BCUT2D eigenvalue weighted by molar-refractivity contribution is 5.88. The standard InChI is InChI=1S/C26H42O4/c1-10-17(4)26(19-11-18-12-20(26)15-25(9,13-18)14-19)30-22(28)23(5,6)24(7,8)29-21(27)16(2)3/h17-20H,2,10-15H2,1,3-9H3. The molecule has 0 aliphatic heterocycles. The van der Waals surface area contributed by atoms with Crippen LogP contribution in [0.25, 0.3) is 0 Å². The second-order valence-corrected chi connectivity index (χ2v) is 12.0. The van der Waals surface area contributed by atoms with Crippen molar-refractivity contribution in [2.45, 2.75) is 105 Å². The summed E-state index contributed by atoms with van der Waals surface area (Å²) in [6.07, 6.45) is 7.00. The molecule has 4 saturated carbocycles. The highest BCUT2D eigenvalue weighted by atomic mass is 16.6.